The van der Waals surface area contributed by atoms with E-state index in [1.807, 2.05) is 30.3 Å². The Bertz CT molecular complexity index is 545. The lowest BCUT2D eigenvalue weighted by Crippen LogP contribution is -2.36. The van der Waals surface area contributed by atoms with Gasteiger partial charge >= 0.3 is 0 Å². The van der Waals surface area contributed by atoms with Gasteiger partial charge in [-0.15, -0.1) is 0 Å². The van der Waals surface area contributed by atoms with Crippen LogP contribution >= 0.6 is 0 Å². The van der Waals surface area contributed by atoms with E-state index < -0.39 is 0 Å². The van der Waals surface area contributed by atoms with E-state index in [0.717, 1.165) is 29.6 Å². The Kier molecular flexibility index (Phi) is 4.09. The summed E-state index contributed by atoms with van der Waals surface area (Å²) in [5.41, 5.74) is 4.35. The summed E-state index contributed by atoms with van der Waals surface area (Å²) in [6, 6.07) is 9.88. The van der Waals surface area contributed by atoms with Crippen LogP contribution in [0.4, 0.5) is 5.69 Å². The van der Waals surface area contributed by atoms with Crippen molar-refractivity contribution in [3.63, 3.8) is 0 Å². The molecular weight excluding hydrogens is 226 g/mol. The molecule has 0 saturated heterocycles. The molecule has 4 N–H and O–H groups in total. The molecule has 1 aromatic heterocycles. The zero-order valence-electron chi connectivity index (χ0n) is 10.4. The summed E-state index contributed by atoms with van der Waals surface area (Å²) >= 11 is 0. The lowest BCUT2D eigenvalue weighted by molar-refractivity contribution is 0.905. The zero-order chi connectivity index (χ0) is 12.8. The van der Waals surface area contributed by atoms with Crippen LogP contribution in [0.2, 0.25) is 0 Å². The Hall–Kier alpha value is -2.14. The first-order chi connectivity index (χ1) is 8.85. The van der Waals surface area contributed by atoms with Crippen molar-refractivity contribution in [2.75, 3.05) is 11.9 Å². The molecule has 5 nitrogen and oxygen atoms in total. The Morgan fingerprint density at radius 2 is 2.17 bits per heavy atom. The number of hydrogen-bond donors (Lipinski definition) is 3. The average Bonchev–Trinajstić information content (AvgIpc) is 2.43. The van der Waals surface area contributed by atoms with Crippen LogP contribution in [0.25, 0.3) is 10.9 Å². The number of pyridine rings is 1. The van der Waals surface area contributed by atoms with Crippen LogP contribution in [-0.4, -0.2) is 17.5 Å². The number of benzene rings is 1. The lowest BCUT2D eigenvalue weighted by atomic mass is 10.2. The van der Waals surface area contributed by atoms with E-state index >= 15 is 0 Å². The van der Waals surface area contributed by atoms with Crippen molar-refractivity contribution in [1.82, 2.24) is 10.4 Å². The van der Waals surface area contributed by atoms with Crippen molar-refractivity contribution in [2.24, 2.45) is 10.8 Å². The summed E-state index contributed by atoms with van der Waals surface area (Å²) in [5.74, 6) is 5.99. The van der Waals surface area contributed by atoms with E-state index in [4.69, 9.17) is 5.84 Å². The topological polar surface area (TPSA) is 75.3 Å². The molecule has 94 valence electrons. The van der Waals surface area contributed by atoms with Gasteiger partial charge in [-0.05, 0) is 18.6 Å². The van der Waals surface area contributed by atoms with Gasteiger partial charge in [0.05, 0.1) is 11.2 Å². The van der Waals surface area contributed by atoms with E-state index in [1.165, 1.54) is 0 Å². The van der Waals surface area contributed by atoms with Crippen molar-refractivity contribution in [3.8, 4) is 0 Å². The Morgan fingerprint density at radius 1 is 1.33 bits per heavy atom. The smallest absolute Gasteiger partial charge is 0.210 e. The van der Waals surface area contributed by atoms with Crippen LogP contribution in [0.3, 0.4) is 0 Å². The molecule has 2 rings (SSSR count). The molecule has 2 aromatic rings. The quantitative estimate of drug-likeness (QED) is 0.333. The Morgan fingerprint density at radius 3 is 2.94 bits per heavy atom. The number of para-hydroxylation sites is 1. The third-order valence-corrected chi connectivity index (χ3v) is 2.52. The molecule has 0 aliphatic carbocycles. The molecule has 0 saturated carbocycles. The van der Waals surface area contributed by atoms with E-state index in [-0.39, 0.29) is 0 Å². The summed E-state index contributed by atoms with van der Waals surface area (Å²) < 4.78 is 0. The van der Waals surface area contributed by atoms with Gasteiger partial charge in [-0.1, -0.05) is 25.1 Å². The van der Waals surface area contributed by atoms with Crippen molar-refractivity contribution >= 4 is 22.5 Å². The number of nitrogens with two attached hydrogens (primary N) is 1. The monoisotopic (exact) mass is 243 g/mol. The second-order valence-corrected chi connectivity index (χ2v) is 3.88. The minimum Gasteiger partial charge on any atom is -0.323 e. The maximum atomic E-state index is 5.44. The summed E-state index contributed by atoms with van der Waals surface area (Å²) in [7, 11) is 0. The van der Waals surface area contributed by atoms with Crippen LogP contribution in [0.15, 0.2) is 41.5 Å². The van der Waals surface area contributed by atoms with Crippen LogP contribution in [0.5, 0.6) is 0 Å². The molecule has 0 amide bonds. The molecule has 18 heavy (non-hydrogen) atoms. The highest BCUT2D eigenvalue weighted by Gasteiger charge is 2.03. The molecule has 0 unspecified atom stereocenters. The van der Waals surface area contributed by atoms with Crippen LogP contribution < -0.4 is 16.6 Å². The van der Waals surface area contributed by atoms with Crippen molar-refractivity contribution in [2.45, 2.75) is 13.3 Å². The summed E-state index contributed by atoms with van der Waals surface area (Å²) in [4.78, 5) is 8.67. The molecule has 0 spiro atoms. The largest absolute Gasteiger partial charge is 0.323 e. The second kappa shape index (κ2) is 5.97. The van der Waals surface area contributed by atoms with Crippen molar-refractivity contribution < 1.29 is 0 Å². The number of nitrogens with one attached hydrogen (secondary N) is 2. The molecule has 0 atom stereocenters. The molecule has 0 fully saturated rings. The Labute approximate surface area is 106 Å². The van der Waals surface area contributed by atoms with Gasteiger partial charge in [-0.2, -0.15) is 0 Å². The van der Waals surface area contributed by atoms with Gasteiger partial charge in [0.15, 0.2) is 0 Å². The number of aliphatic imine (C=N–C) groups is 1. The molecule has 1 aromatic carbocycles. The minimum atomic E-state index is 0.551. The fourth-order valence-corrected chi connectivity index (χ4v) is 1.68. The van der Waals surface area contributed by atoms with Crippen molar-refractivity contribution in [3.05, 3.63) is 36.5 Å². The number of hydrazine groups is 1. The molecule has 1 heterocycles. The molecule has 5 heteroatoms. The maximum Gasteiger partial charge on any atom is 0.210 e. The SMILES string of the molecule is CCCN=C(NN)Nc1cccc2cccnc12. The van der Waals surface area contributed by atoms with E-state index in [9.17, 15) is 0 Å². The van der Waals surface area contributed by atoms with Gasteiger partial charge in [0.1, 0.15) is 0 Å². The number of rotatable bonds is 3. The standard InChI is InChI=1S/C13H17N5/c1-2-8-16-13(18-14)17-11-7-3-5-10-6-4-9-15-12(10)11/h3-7,9H,2,8,14H2,1H3,(H2,16,17,18). The highest BCUT2D eigenvalue weighted by molar-refractivity contribution is 6.01. The minimum absolute atomic E-state index is 0.551. The third kappa shape index (κ3) is 2.75. The highest BCUT2D eigenvalue weighted by Crippen LogP contribution is 2.20. The van der Waals surface area contributed by atoms with Gasteiger partial charge in [0.25, 0.3) is 0 Å². The van der Waals surface area contributed by atoms with Gasteiger partial charge < -0.3 is 5.32 Å². The third-order valence-electron chi connectivity index (χ3n) is 2.52. The number of guanidine groups is 1. The van der Waals surface area contributed by atoms with Crippen LogP contribution in [0.1, 0.15) is 13.3 Å². The summed E-state index contributed by atoms with van der Waals surface area (Å²) in [5, 5.41) is 4.24. The lowest BCUT2D eigenvalue weighted by Gasteiger charge is -2.10. The number of aromatic nitrogens is 1. The maximum absolute atomic E-state index is 5.44. The van der Waals surface area contributed by atoms with Crippen LogP contribution in [0, 0.1) is 0 Å². The average molecular weight is 243 g/mol. The second-order valence-electron chi connectivity index (χ2n) is 3.88. The van der Waals surface area contributed by atoms with Gasteiger partial charge in [-0.25, -0.2) is 5.84 Å². The first kappa shape index (κ1) is 12.3. The first-order valence-electron chi connectivity index (χ1n) is 5.97. The van der Waals surface area contributed by atoms with Gasteiger partial charge in [0.2, 0.25) is 5.96 Å². The number of nitrogens with zero attached hydrogens (tertiary/aromatic N) is 2. The van der Waals surface area contributed by atoms with E-state index in [0.29, 0.717) is 5.96 Å². The zero-order valence-corrected chi connectivity index (χ0v) is 10.4. The molecule has 0 aliphatic heterocycles. The number of anilines is 1. The molecule has 0 bridgehead atoms. The number of hydrogen-bond acceptors (Lipinski definition) is 3. The number of fused-ring (bicyclic) bond motifs is 1. The highest BCUT2D eigenvalue weighted by atomic mass is 15.3. The molecule has 0 radical (unpaired) electrons. The normalized spacial score (nSPS) is 11.6. The molecular formula is C13H17N5. The van der Waals surface area contributed by atoms with Crippen molar-refractivity contribution in [1.29, 1.82) is 0 Å². The fourth-order valence-electron chi connectivity index (χ4n) is 1.68. The predicted octanol–water partition coefficient (Wildman–Crippen LogP) is 1.88. The van der Waals surface area contributed by atoms with E-state index in [1.54, 1.807) is 6.20 Å². The van der Waals surface area contributed by atoms with E-state index in [2.05, 4.69) is 27.6 Å². The summed E-state index contributed by atoms with van der Waals surface area (Å²) in [6.45, 7) is 2.79. The fraction of sp³-hybridized carbons (Fsp3) is 0.231. The predicted molar refractivity (Wildman–Crippen MR) is 75.3 cm³/mol. The van der Waals surface area contributed by atoms with Crippen LogP contribution in [-0.2, 0) is 0 Å². The summed E-state index contributed by atoms with van der Waals surface area (Å²) in [6.07, 6.45) is 2.74. The Balaban J connectivity index is 2.31. The first-order valence-corrected chi connectivity index (χ1v) is 5.97. The molecule has 0 aliphatic rings. The van der Waals surface area contributed by atoms with Gasteiger partial charge in [-0.3, -0.25) is 15.4 Å². The van der Waals surface area contributed by atoms with Gasteiger partial charge in [0, 0.05) is 18.1 Å².